The van der Waals surface area contributed by atoms with Crippen LogP contribution in [-0.4, -0.2) is 11.2 Å². The highest BCUT2D eigenvalue weighted by Crippen LogP contribution is 2.37. The first-order valence-corrected chi connectivity index (χ1v) is 13.2. The van der Waals surface area contributed by atoms with Crippen molar-refractivity contribution in [1.82, 2.24) is 4.98 Å². The molecular formula is C31H38ClF3N2. The van der Waals surface area contributed by atoms with Gasteiger partial charge in [0.2, 0.25) is 0 Å². The minimum Gasteiger partial charge on any atom is -0.358 e. The van der Waals surface area contributed by atoms with Gasteiger partial charge in [-0.1, -0.05) is 63.1 Å². The molecule has 1 atom stereocenters. The molecule has 0 spiro atoms. The first-order valence-electron chi connectivity index (χ1n) is 12.8. The average molecular weight is 531 g/mol. The number of rotatable bonds is 8. The molecule has 1 N–H and O–H groups in total. The third kappa shape index (κ3) is 7.61. The van der Waals surface area contributed by atoms with Gasteiger partial charge in [-0.05, 0) is 81.4 Å². The minimum atomic E-state index is -0.851. The second-order valence-electron chi connectivity index (χ2n) is 9.27. The Balaban J connectivity index is 0.000000371. The van der Waals surface area contributed by atoms with Gasteiger partial charge in [0.15, 0.2) is 17.5 Å². The van der Waals surface area contributed by atoms with E-state index in [4.69, 9.17) is 11.6 Å². The number of H-pyrrole nitrogens is 1. The number of aliphatic imine (C=N–C) groups is 1. The number of halogens is 4. The summed E-state index contributed by atoms with van der Waals surface area (Å²) in [6.07, 6.45) is 9.55. The van der Waals surface area contributed by atoms with Crippen molar-refractivity contribution in [3.8, 4) is 0 Å². The Morgan fingerprint density at radius 2 is 1.76 bits per heavy atom. The number of unbranched alkanes of at least 4 members (excludes halogenated alkanes) is 1. The van der Waals surface area contributed by atoms with Gasteiger partial charge in [0, 0.05) is 34.4 Å². The molecule has 0 saturated carbocycles. The van der Waals surface area contributed by atoms with Crippen LogP contribution in [0.4, 0.5) is 13.2 Å². The van der Waals surface area contributed by atoms with Gasteiger partial charge in [0.05, 0.1) is 5.02 Å². The standard InChI is InChI=1S/C21H21ClF3N.C10H17N/c1-4-5-6-14-17-16(10-9-15(22)20(17)25)26-21(14)12(3)13-8-7-11(2)18(23)19(13)24;1-5-7-10(4)11-8-9(3)6-2/h7-10,12,26H,4-6H2,1-3H3;6-8H,5H2,1-4H3/b;9-6-,10-7+,11-8+. The van der Waals surface area contributed by atoms with Crippen molar-refractivity contribution in [2.45, 2.75) is 80.1 Å². The van der Waals surface area contributed by atoms with Crippen LogP contribution in [0.5, 0.6) is 0 Å². The van der Waals surface area contributed by atoms with Crippen molar-refractivity contribution in [3.05, 3.63) is 92.5 Å². The Labute approximate surface area is 224 Å². The Bertz CT molecular complexity index is 1300. The van der Waals surface area contributed by atoms with Gasteiger partial charge in [-0.25, -0.2) is 13.2 Å². The lowest BCUT2D eigenvalue weighted by molar-refractivity contribution is 0.490. The maximum absolute atomic E-state index is 14.7. The van der Waals surface area contributed by atoms with Crippen molar-refractivity contribution in [2.24, 2.45) is 4.99 Å². The van der Waals surface area contributed by atoms with Crippen LogP contribution >= 0.6 is 11.6 Å². The number of allylic oxidation sites excluding steroid dienone is 4. The lowest BCUT2D eigenvalue weighted by atomic mass is 9.91. The maximum Gasteiger partial charge on any atom is 0.162 e. The molecule has 0 aliphatic heterocycles. The summed E-state index contributed by atoms with van der Waals surface area (Å²) >= 11 is 5.96. The summed E-state index contributed by atoms with van der Waals surface area (Å²) < 4.78 is 43.2. The predicted molar refractivity (Wildman–Crippen MR) is 152 cm³/mol. The number of benzene rings is 2. The third-order valence-corrected chi connectivity index (χ3v) is 6.69. The molecule has 0 fully saturated rings. The van der Waals surface area contributed by atoms with E-state index in [1.165, 1.54) is 18.6 Å². The highest BCUT2D eigenvalue weighted by Gasteiger charge is 2.24. The van der Waals surface area contributed by atoms with E-state index < -0.39 is 23.4 Å². The number of aromatic amines is 1. The maximum atomic E-state index is 14.7. The summed E-state index contributed by atoms with van der Waals surface area (Å²) in [5.74, 6) is -2.60. The Hall–Kier alpha value is -2.79. The highest BCUT2D eigenvalue weighted by molar-refractivity contribution is 6.31. The molecule has 2 nitrogen and oxygen atoms in total. The predicted octanol–water partition coefficient (Wildman–Crippen LogP) is 10.4. The van der Waals surface area contributed by atoms with Gasteiger partial charge in [-0.2, -0.15) is 0 Å². The number of aryl methyl sites for hydroxylation is 2. The molecule has 3 aromatic rings. The number of aromatic nitrogens is 1. The Morgan fingerprint density at radius 3 is 2.38 bits per heavy atom. The first kappa shape index (κ1) is 30.4. The second-order valence-corrected chi connectivity index (χ2v) is 9.68. The number of fused-ring (bicyclic) bond motifs is 1. The van der Waals surface area contributed by atoms with Crippen LogP contribution in [-0.2, 0) is 6.42 Å². The number of hydrogen-bond donors (Lipinski definition) is 1. The monoisotopic (exact) mass is 530 g/mol. The minimum absolute atomic E-state index is 0.0565. The quantitative estimate of drug-likeness (QED) is 0.280. The largest absolute Gasteiger partial charge is 0.358 e. The number of nitrogens with one attached hydrogen (secondary N) is 1. The van der Waals surface area contributed by atoms with Crippen LogP contribution in [0.2, 0.25) is 5.02 Å². The van der Waals surface area contributed by atoms with E-state index in [1.807, 2.05) is 33.1 Å². The molecule has 0 radical (unpaired) electrons. The SMILES string of the molecule is CCCCc1c(C(C)c2ccc(C)c(F)c2F)[nH]c2ccc(Cl)c(F)c12.C\C=C(C)/C=N/C(C)=C/CC. The topological polar surface area (TPSA) is 28.1 Å². The molecule has 200 valence electrons. The average Bonchev–Trinajstić information content (AvgIpc) is 3.26. The Kier molecular flexibility index (Phi) is 11.7. The van der Waals surface area contributed by atoms with Gasteiger partial charge in [-0.3, -0.25) is 4.99 Å². The molecule has 1 unspecified atom stereocenters. The van der Waals surface area contributed by atoms with Gasteiger partial charge in [0.1, 0.15) is 0 Å². The third-order valence-electron chi connectivity index (χ3n) is 6.40. The van der Waals surface area contributed by atoms with Crippen LogP contribution in [0.1, 0.15) is 89.1 Å². The van der Waals surface area contributed by atoms with E-state index in [-0.39, 0.29) is 16.1 Å². The second kappa shape index (κ2) is 14.2. The van der Waals surface area contributed by atoms with Gasteiger partial charge >= 0.3 is 0 Å². The summed E-state index contributed by atoms with van der Waals surface area (Å²) in [5.41, 5.74) is 4.92. The molecular weight excluding hydrogens is 493 g/mol. The summed E-state index contributed by atoms with van der Waals surface area (Å²) in [5, 5.41) is 0.502. The van der Waals surface area contributed by atoms with Crippen LogP contribution in [0.15, 0.2) is 52.7 Å². The summed E-state index contributed by atoms with van der Waals surface area (Å²) in [4.78, 5) is 7.47. The van der Waals surface area contributed by atoms with Crippen molar-refractivity contribution >= 4 is 28.7 Å². The van der Waals surface area contributed by atoms with Gasteiger partial charge in [-0.15, -0.1) is 0 Å². The van der Waals surface area contributed by atoms with E-state index >= 15 is 0 Å². The molecule has 0 amide bonds. The molecule has 6 heteroatoms. The summed E-state index contributed by atoms with van der Waals surface area (Å²) in [7, 11) is 0. The van der Waals surface area contributed by atoms with E-state index in [1.54, 1.807) is 25.1 Å². The van der Waals surface area contributed by atoms with Gasteiger partial charge in [0.25, 0.3) is 0 Å². The number of hydrogen-bond acceptors (Lipinski definition) is 1. The van der Waals surface area contributed by atoms with Crippen molar-refractivity contribution in [2.75, 3.05) is 0 Å². The summed E-state index contributed by atoms with van der Waals surface area (Å²) in [6, 6.07) is 6.38. The van der Waals surface area contributed by atoms with E-state index in [0.717, 1.165) is 30.5 Å². The lowest BCUT2D eigenvalue weighted by Crippen LogP contribution is -2.06. The molecule has 0 aliphatic rings. The molecule has 0 bridgehead atoms. The molecule has 0 saturated heterocycles. The molecule has 0 aliphatic carbocycles. The normalized spacial score (nSPS) is 13.3. The van der Waals surface area contributed by atoms with Crippen LogP contribution in [0.3, 0.4) is 0 Å². The zero-order valence-corrected chi connectivity index (χ0v) is 23.7. The smallest absolute Gasteiger partial charge is 0.162 e. The van der Waals surface area contributed by atoms with Crippen LogP contribution in [0.25, 0.3) is 10.9 Å². The fourth-order valence-corrected chi connectivity index (χ4v) is 4.22. The molecule has 1 aromatic heterocycles. The fourth-order valence-electron chi connectivity index (χ4n) is 4.07. The van der Waals surface area contributed by atoms with Gasteiger partial charge < -0.3 is 4.98 Å². The fraction of sp³-hybridized carbons (Fsp3) is 0.387. The molecule has 2 aromatic carbocycles. The molecule has 1 heterocycles. The van der Waals surface area contributed by atoms with E-state index in [9.17, 15) is 13.2 Å². The molecule has 37 heavy (non-hydrogen) atoms. The van der Waals surface area contributed by atoms with Crippen molar-refractivity contribution < 1.29 is 13.2 Å². The van der Waals surface area contributed by atoms with Crippen LogP contribution in [0, 0.1) is 24.4 Å². The molecule has 3 rings (SSSR count). The zero-order chi connectivity index (χ0) is 27.7. The first-order chi connectivity index (χ1) is 17.6. The zero-order valence-electron chi connectivity index (χ0n) is 22.9. The lowest BCUT2D eigenvalue weighted by Gasteiger charge is -2.15. The van der Waals surface area contributed by atoms with E-state index in [2.05, 4.69) is 29.9 Å². The highest BCUT2D eigenvalue weighted by atomic mass is 35.5. The summed E-state index contributed by atoms with van der Waals surface area (Å²) in [6.45, 7) is 13.6. The van der Waals surface area contributed by atoms with E-state index in [0.29, 0.717) is 23.0 Å². The Morgan fingerprint density at radius 1 is 1.05 bits per heavy atom. The van der Waals surface area contributed by atoms with Crippen molar-refractivity contribution in [3.63, 3.8) is 0 Å². The number of nitrogens with zero attached hydrogens (tertiary/aromatic N) is 1. The van der Waals surface area contributed by atoms with Crippen molar-refractivity contribution in [1.29, 1.82) is 0 Å². The van der Waals surface area contributed by atoms with Crippen LogP contribution < -0.4 is 0 Å².